The Balaban J connectivity index is 3.03. The number of ether oxygens (including phenoxy) is 1. The van der Waals surface area contributed by atoms with Crippen LogP contribution in [0.15, 0.2) is 28.4 Å². The van der Waals surface area contributed by atoms with Crippen LogP contribution in [0.25, 0.3) is 5.57 Å². The maximum atomic E-state index is 8.94. The highest BCUT2D eigenvalue weighted by Gasteiger charge is 2.05. The Hall–Kier alpha value is -1.46. The van der Waals surface area contributed by atoms with Gasteiger partial charge in [-0.3, -0.25) is 4.99 Å². The first kappa shape index (κ1) is 12.6. The molecule has 1 rings (SSSR count). The first-order valence-electron chi connectivity index (χ1n) is 4.65. The maximum absolute atomic E-state index is 8.94. The smallest absolute Gasteiger partial charge is 0.125 e. The Labute approximate surface area is 98.6 Å². The lowest BCUT2D eigenvalue weighted by atomic mass is 10.2. The topological polar surface area (TPSA) is 54.7 Å². The second-order valence-electron chi connectivity index (χ2n) is 3.03. The Morgan fingerprint density at radius 1 is 1.75 bits per heavy atom. The molecular weight excluding hydrogens is 224 g/mol. The number of aliphatic hydroxyl groups is 1. The number of aliphatic imine (C=N–C) groups is 1. The third kappa shape index (κ3) is 3.29. The minimum atomic E-state index is -0.0573. The maximum Gasteiger partial charge on any atom is 0.125 e. The van der Waals surface area contributed by atoms with Crippen molar-refractivity contribution in [3.8, 4) is 0 Å². The summed E-state index contributed by atoms with van der Waals surface area (Å²) in [5, 5.41) is 11.5. The quantitative estimate of drug-likeness (QED) is 0.486. The van der Waals surface area contributed by atoms with Gasteiger partial charge in [0.25, 0.3) is 0 Å². The highest BCUT2D eigenvalue weighted by atomic mass is 32.1. The molecule has 0 aliphatic carbocycles. The fourth-order valence-electron chi connectivity index (χ4n) is 1.04. The fraction of sp³-hybridized carbons (Fsp3) is 0.273. The minimum absolute atomic E-state index is 0.0573. The van der Waals surface area contributed by atoms with Crippen LogP contribution in [0, 0.1) is 0 Å². The summed E-state index contributed by atoms with van der Waals surface area (Å²) < 4.78 is 5.07. The number of methoxy groups -OCH3 is 1. The molecule has 0 aromatic carbocycles. The summed E-state index contributed by atoms with van der Waals surface area (Å²) in [4.78, 5) is 7.97. The van der Waals surface area contributed by atoms with Crippen molar-refractivity contribution in [1.82, 2.24) is 4.98 Å². The molecule has 0 saturated heterocycles. The molecule has 0 spiro atoms. The van der Waals surface area contributed by atoms with Gasteiger partial charge in [0, 0.05) is 17.2 Å². The van der Waals surface area contributed by atoms with Gasteiger partial charge in [-0.15, -0.1) is 11.3 Å². The third-order valence-electron chi connectivity index (χ3n) is 1.87. The van der Waals surface area contributed by atoms with Gasteiger partial charge >= 0.3 is 0 Å². The van der Waals surface area contributed by atoms with Crippen molar-refractivity contribution in [2.24, 2.45) is 4.99 Å². The summed E-state index contributed by atoms with van der Waals surface area (Å²) in [6, 6.07) is 0. The van der Waals surface area contributed by atoms with E-state index in [9.17, 15) is 0 Å². The van der Waals surface area contributed by atoms with E-state index in [1.165, 1.54) is 11.3 Å². The van der Waals surface area contributed by atoms with Crippen LogP contribution >= 0.6 is 11.3 Å². The van der Waals surface area contributed by atoms with E-state index >= 15 is 0 Å². The van der Waals surface area contributed by atoms with Crippen LogP contribution < -0.4 is 0 Å². The fourth-order valence-corrected chi connectivity index (χ4v) is 1.84. The number of nitrogens with zero attached hydrogens (tertiary/aromatic N) is 2. The first-order valence-corrected chi connectivity index (χ1v) is 5.53. The molecule has 0 aliphatic rings. The van der Waals surface area contributed by atoms with E-state index in [1.54, 1.807) is 13.3 Å². The zero-order valence-corrected chi connectivity index (χ0v) is 10.1. The van der Waals surface area contributed by atoms with Gasteiger partial charge in [0.15, 0.2) is 0 Å². The average Bonchev–Trinajstić information content (AvgIpc) is 2.76. The van der Waals surface area contributed by atoms with Gasteiger partial charge < -0.3 is 9.84 Å². The van der Waals surface area contributed by atoms with Crippen molar-refractivity contribution in [3.05, 3.63) is 34.1 Å². The molecule has 0 aliphatic heterocycles. The molecule has 0 radical (unpaired) electrons. The molecule has 86 valence electrons. The Bertz CT molecular complexity index is 421. The van der Waals surface area contributed by atoms with E-state index in [-0.39, 0.29) is 6.61 Å². The summed E-state index contributed by atoms with van der Waals surface area (Å²) in [7, 11) is 1.60. The highest BCUT2D eigenvalue weighted by Crippen LogP contribution is 2.22. The van der Waals surface area contributed by atoms with Crippen LogP contribution in [-0.2, 0) is 11.3 Å². The number of rotatable bonds is 5. The molecular formula is C11H14N2O2S. The molecule has 1 N–H and O–H groups in total. The Morgan fingerprint density at radius 2 is 2.50 bits per heavy atom. The number of aliphatic hydroxyl groups excluding tert-OH is 1. The van der Waals surface area contributed by atoms with Crippen molar-refractivity contribution in [2.75, 3.05) is 7.11 Å². The number of hydrogen-bond donors (Lipinski definition) is 1. The van der Waals surface area contributed by atoms with E-state index in [1.807, 2.05) is 18.4 Å². The van der Waals surface area contributed by atoms with Gasteiger partial charge in [0.1, 0.15) is 5.01 Å². The Morgan fingerprint density at radius 3 is 3.00 bits per heavy atom. The van der Waals surface area contributed by atoms with Crippen LogP contribution in [0.2, 0.25) is 0 Å². The van der Waals surface area contributed by atoms with Crippen LogP contribution in [-0.4, -0.2) is 23.9 Å². The summed E-state index contributed by atoms with van der Waals surface area (Å²) in [6.07, 6.45) is 3.44. The normalized spacial score (nSPS) is 12.7. The van der Waals surface area contributed by atoms with Crippen LogP contribution in [0.4, 0.5) is 0 Å². The Kier molecular flexibility index (Phi) is 4.88. The van der Waals surface area contributed by atoms with Crippen LogP contribution in [0.3, 0.4) is 0 Å². The lowest BCUT2D eigenvalue weighted by molar-refractivity contribution is 0.277. The highest BCUT2D eigenvalue weighted by molar-refractivity contribution is 7.10. The van der Waals surface area contributed by atoms with E-state index in [4.69, 9.17) is 9.84 Å². The SMILES string of the molecule is C=N/C=C(\C=C(/C)OC)c1nc(CO)cs1. The molecule has 0 atom stereocenters. The van der Waals surface area contributed by atoms with Gasteiger partial charge in [0.2, 0.25) is 0 Å². The standard InChI is InChI=1S/C11H14N2O2S/c1-8(15-3)4-9(5-12-2)11-13-10(6-14)7-16-11/h4-5,7,14H,2,6H2,1,3H3/b8-4+,9-5+. The molecule has 16 heavy (non-hydrogen) atoms. The van der Waals surface area contributed by atoms with Gasteiger partial charge in [-0.1, -0.05) is 0 Å². The second kappa shape index (κ2) is 6.19. The zero-order chi connectivity index (χ0) is 12.0. The van der Waals surface area contributed by atoms with Gasteiger partial charge in [0.05, 0.1) is 25.2 Å². The van der Waals surface area contributed by atoms with Crippen molar-refractivity contribution < 1.29 is 9.84 Å². The van der Waals surface area contributed by atoms with Crippen molar-refractivity contribution in [2.45, 2.75) is 13.5 Å². The number of aromatic nitrogens is 1. The first-order chi connectivity index (χ1) is 7.71. The largest absolute Gasteiger partial charge is 0.501 e. The molecule has 5 heteroatoms. The molecule has 1 heterocycles. The monoisotopic (exact) mass is 238 g/mol. The van der Waals surface area contributed by atoms with Gasteiger partial charge in [-0.25, -0.2) is 4.98 Å². The predicted octanol–water partition coefficient (Wildman–Crippen LogP) is 2.23. The summed E-state index contributed by atoms with van der Waals surface area (Å²) in [5.41, 5.74) is 1.47. The molecule has 0 bridgehead atoms. The third-order valence-corrected chi connectivity index (χ3v) is 2.81. The second-order valence-corrected chi connectivity index (χ2v) is 3.89. The molecule has 0 amide bonds. The van der Waals surface area contributed by atoms with Gasteiger partial charge in [-0.05, 0) is 19.7 Å². The van der Waals surface area contributed by atoms with Crippen LogP contribution in [0.5, 0.6) is 0 Å². The molecule has 0 unspecified atom stereocenters. The zero-order valence-electron chi connectivity index (χ0n) is 9.30. The lowest BCUT2D eigenvalue weighted by Gasteiger charge is -2.00. The molecule has 0 fully saturated rings. The van der Waals surface area contributed by atoms with Crippen molar-refractivity contribution >= 4 is 23.6 Å². The number of hydrogen-bond acceptors (Lipinski definition) is 5. The van der Waals surface area contributed by atoms with E-state index in [2.05, 4.69) is 16.7 Å². The summed E-state index contributed by atoms with van der Waals surface area (Å²) in [5.74, 6) is 0.760. The van der Waals surface area contributed by atoms with E-state index < -0.39 is 0 Å². The average molecular weight is 238 g/mol. The minimum Gasteiger partial charge on any atom is -0.501 e. The summed E-state index contributed by atoms with van der Waals surface area (Å²) >= 11 is 1.45. The molecule has 4 nitrogen and oxygen atoms in total. The number of allylic oxidation sites excluding steroid dienone is 3. The van der Waals surface area contributed by atoms with E-state index in [0.29, 0.717) is 5.69 Å². The van der Waals surface area contributed by atoms with Crippen molar-refractivity contribution in [1.29, 1.82) is 0 Å². The predicted molar refractivity (Wildman–Crippen MR) is 66.3 cm³/mol. The van der Waals surface area contributed by atoms with Crippen LogP contribution in [0.1, 0.15) is 17.6 Å². The molecule has 1 aromatic rings. The van der Waals surface area contributed by atoms with Gasteiger partial charge in [-0.2, -0.15) is 0 Å². The summed E-state index contributed by atoms with van der Waals surface area (Å²) in [6.45, 7) is 5.20. The number of thiazole rings is 1. The molecule has 0 saturated carbocycles. The molecule has 1 aromatic heterocycles. The van der Waals surface area contributed by atoms with E-state index in [0.717, 1.165) is 16.3 Å². The lowest BCUT2D eigenvalue weighted by Crippen LogP contribution is -1.87. The van der Waals surface area contributed by atoms with Crippen molar-refractivity contribution in [3.63, 3.8) is 0 Å².